The van der Waals surface area contributed by atoms with Crippen LogP contribution in [0.1, 0.15) is 29.2 Å². The van der Waals surface area contributed by atoms with Gasteiger partial charge in [-0.2, -0.15) is 0 Å². The molecule has 3 N–H and O–H groups in total. The van der Waals surface area contributed by atoms with Crippen molar-refractivity contribution in [3.8, 4) is 5.75 Å². The van der Waals surface area contributed by atoms with Gasteiger partial charge in [0.15, 0.2) is 6.04 Å². The van der Waals surface area contributed by atoms with E-state index in [1.54, 1.807) is 42.5 Å². The van der Waals surface area contributed by atoms with Crippen molar-refractivity contribution in [2.24, 2.45) is 0 Å². The maximum atomic E-state index is 12.0. The number of hydrogen-bond donors (Lipinski definition) is 3. The van der Waals surface area contributed by atoms with Crippen molar-refractivity contribution >= 4 is 11.9 Å². The quantitative estimate of drug-likeness (QED) is 0.765. The fourth-order valence-corrected chi connectivity index (χ4v) is 2.29. The molecule has 1 atom stereocenters. The minimum atomic E-state index is -1.09. The van der Waals surface area contributed by atoms with Gasteiger partial charge in [-0.3, -0.25) is 4.79 Å². The Hall–Kier alpha value is -2.82. The summed E-state index contributed by atoms with van der Waals surface area (Å²) in [6, 6.07) is 12.6. The molecule has 0 aromatic heterocycles. The van der Waals surface area contributed by atoms with Crippen molar-refractivity contribution in [1.29, 1.82) is 0 Å². The number of carboxylic acids is 1. The van der Waals surface area contributed by atoms with E-state index in [-0.39, 0.29) is 18.1 Å². The SMILES string of the molecule is Cc1cccc(C(NC(=O)CCc2ccc(O)cc2)C(=O)O)c1. The normalized spacial score (nSPS) is 11.7. The largest absolute Gasteiger partial charge is 0.508 e. The number of phenols is 1. The number of aromatic hydroxyl groups is 1. The predicted octanol–water partition coefficient (Wildman–Crippen LogP) is 2.58. The molecule has 23 heavy (non-hydrogen) atoms. The Kier molecular flexibility index (Phi) is 5.36. The van der Waals surface area contributed by atoms with Crippen LogP contribution in [0.3, 0.4) is 0 Å². The Morgan fingerprint density at radius 1 is 1.13 bits per heavy atom. The zero-order valence-corrected chi connectivity index (χ0v) is 12.8. The van der Waals surface area contributed by atoms with Crippen molar-refractivity contribution in [2.45, 2.75) is 25.8 Å². The van der Waals surface area contributed by atoms with E-state index in [0.717, 1.165) is 11.1 Å². The molecule has 0 aliphatic heterocycles. The van der Waals surface area contributed by atoms with Crippen molar-refractivity contribution in [1.82, 2.24) is 5.32 Å². The summed E-state index contributed by atoms with van der Waals surface area (Å²) in [5.41, 5.74) is 2.39. The number of phenolic OH excluding ortho intramolecular Hbond substituents is 1. The van der Waals surface area contributed by atoms with E-state index in [4.69, 9.17) is 0 Å². The lowest BCUT2D eigenvalue weighted by molar-refractivity contribution is -0.142. The van der Waals surface area contributed by atoms with Crippen LogP contribution in [0.4, 0.5) is 0 Å². The molecule has 0 saturated carbocycles. The molecule has 5 nitrogen and oxygen atoms in total. The molecule has 5 heteroatoms. The first-order valence-electron chi connectivity index (χ1n) is 7.32. The Bertz CT molecular complexity index is 694. The number of aliphatic carboxylic acids is 1. The van der Waals surface area contributed by atoms with Crippen molar-refractivity contribution in [2.75, 3.05) is 0 Å². The monoisotopic (exact) mass is 313 g/mol. The van der Waals surface area contributed by atoms with Crippen LogP contribution in [0.2, 0.25) is 0 Å². The van der Waals surface area contributed by atoms with Crippen molar-refractivity contribution in [3.63, 3.8) is 0 Å². The second-order valence-electron chi connectivity index (χ2n) is 5.42. The number of nitrogens with one attached hydrogen (secondary N) is 1. The summed E-state index contributed by atoms with van der Waals surface area (Å²) in [6.45, 7) is 1.87. The van der Waals surface area contributed by atoms with Gasteiger partial charge in [-0.25, -0.2) is 4.79 Å². The van der Waals surface area contributed by atoms with Crippen LogP contribution in [0, 0.1) is 6.92 Å². The molecule has 2 rings (SSSR count). The Balaban J connectivity index is 1.98. The highest BCUT2D eigenvalue weighted by molar-refractivity contribution is 5.84. The van der Waals surface area contributed by atoms with Crippen LogP contribution < -0.4 is 5.32 Å². The maximum absolute atomic E-state index is 12.0. The molecule has 120 valence electrons. The second-order valence-corrected chi connectivity index (χ2v) is 5.42. The molecule has 0 spiro atoms. The van der Waals surface area contributed by atoms with E-state index in [0.29, 0.717) is 12.0 Å². The summed E-state index contributed by atoms with van der Waals surface area (Å²) in [6.07, 6.45) is 0.659. The highest BCUT2D eigenvalue weighted by Gasteiger charge is 2.21. The molecule has 0 radical (unpaired) electrons. The van der Waals surface area contributed by atoms with Crippen LogP contribution >= 0.6 is 0 Å². The first kappa shape index (κ1) is 16.5. The molecule has 2 aromatic rings. The van der Waals surface area contributed by atoms with Gasteiger partial charge in [0.05, 0.1) is 0 Å². The summed E-state index contributed by atoms with van der Waals surface area (Å²) >= 11 is 0. The Morgan fingerprint density at radius 2 is 1.83 bits per heavy atom. The van der Waals surface area contributed by atoms with Crippen LogP contribution in [0.15, 0.2) is 48.5 Å². The highest BCUT2D eigenvalue weighted by atomic mass is 16.4. The van der Waals surface area contributed by atoms with Crippen LogP contribution in [-0.2, 0) is 16.0 Å². The van der Waals surface area contributed by atoms with Crippen LogP contribution in [0.5, 0.6) is 5.75 Å². The average molecular weight is 313 g/mol. The minimum Gasteiger partial charge on any atom is -0.508 e. The molecule has 0 saturated heterocycles. The van der Waals surface area contributed by atoms with Gasteiger partial charge in [-0.1, -0.05) is 42.0 Å². The van der Waals surface area contributed by atoms with Gasteiger partial charge in [0.25, 0.3) is 0 Å². The fourth-order valence-electron chi connectivity index (χ4n) is 2.29. The minimum absolute atomic E-state index is 0.170. The van der Waals surface area contributed by atoms with E-state index in [1.165, 1.54) is 0 Å². The van der Waals surface area contributed by atoms with E-state index in [1.807, 2.05) is 13.0 Å². The van der Waals surface area contributed by atoms with E-state index < -0.39 is 12.0 Å². The lowest BCUT2D eigenvalue weighted by Crippen LogP contribution is -2.33. The van der Waals surface area contributed by atoms with Gasteiger partial charge in [0.2, 0.25) is 5.91 Å². The summed E-state index contributed by atoms with van der Waals surface area (Å²) in [5, 5.41) is 21.1. The van der Waals surface area contributed by atoms with Crippen LogP contribution in [0.25, 0.3) is 0 Å². The Labute approximate surface area is 134 Å². The number of hydrogen-bond acceptors (Lipinski definition) is 3. The van der Waals surface area contributed by atoms with Gasteiger partial charge >= 0.3 is 5.97 Å². The first-order chi connectivity index (χ1) is 11.0. The third-order valence-corrected chi connectivity index (χ3v) is 3.50. The molecule has 0 aliphatic carbocycles. The second kappa shape index (κ2) is 7.45. The molecule has 0 heterocycles. The third-order valence-electron chi connectivity index (χ3n) is 3.50. The topological polar surface area (TPSA) is 86.6 Å². The zero-order chi connectivity index (χ0) is 16.8. The molecular formula is C18H19NO4. The summed E-state index contributed by atoms with van der Waals surface area (Å²) in [4.78, 5) is 23.4. The maximum Gasteiger partial charge on any atom is 0.330 e. The number of carbonyl (C=O) groups excluding carboxylic acids is 1. The lowest BCUT2D eigenvalue weighted by Gasteiger charge is -2.15. The summed E-state index contributed by atoms with van der Waals surface area (Å²) in [5.74, 6) is -1.25. The standard InChI is InChI=1S/C18H19NO4/c1-12-3-2-4-14(11-12)17(18(22)23)19-16(21)10-7-13-5-8-15(20)9-6-13/h2-6,8-9,11,17,20H,7,10H2,1H3,(H,19,21)(H,22,23). The van der Waals surface area contributed by atoms with Crippen molar-refractivity contribution < 1.29 is 19.8 Å². The molecule has 0 aliphatic rings. The van der Waals surface area contributed by atoms with Gasteiger partial charge in [-0.15, -0.1) is 0 Å². The molecule has 0 fully saturated rings. The number of amides is 1. The summed E-state index contributed by atoms with van der Waals surface area (Å²) in [7, 11) is 0. The number of aryl methyl sites for hydroxylation is 2. The molecular weight excluding hydrogens is 294 g/mol. The number of rotatable bonds is 6. The van der Waals surface area contributed by atoms with Gasteiger partial charge in [0.1, 0.15) is 5.75 Å². The smallest absolute Gasteiger partial charge is 0.330 e. The number of carboxylic acid groups (broad SMARTS) is 1. The lowest BCUT2D eigenvalue weighted by atomic mass is 10.0. The predicted molar refractivity (Wildman–Crippen MR) is 86.1 cm³/mol. The number of benzene rings is 2. The van der Waals surface area contributed by atoms with E-state index in [2.05, 4.69) is 5.32 Å². The fraction of sp³-hybridized carbons (Fsp3) is 0.222. The average Bonchev–Trinajstić information content (AvgIpc) is 2.51. The highest BCUT2D eigenvalue weighted by Crippen LogP contribution is 2.16. The first-order valence-corrected chi connectivity index (χ1v) is 7.32. The Morgan fingerprint density at radius 3 is 2.43 bits per heavy atom. The van der Waals surface area contributed by atoms with E-state index >= 15 is 0 Å². The summed E-state index contributed by atoms with van der Waals surface area (Å²) < 4.78 is 0. The van der Waals surface area contributed by atoms with Gasteiger partial charge < -0.3 is 15.5 Å². The molecule has 1 amide bonds. The number of carbonyl (C=O) groups is 2. The zero-order valence-electron chi connectivity index (χ0n) is 12.8. The van der Waals surface area contributed by atoms with Crippen LogP contribution in [-0.4, -0.2) is 22.1 Å². The molecule has 1 unspecified atom stereocenters. The third kappa shape index (κ3) is 4.85. The molecule has 2 aromatic carbocycles. The van der Waals surface area contributed by atoms with Gasteiger partial charge in [0, 0.05) is 6.42 Å². The van der Waals surface area contributed by atoms with Crippen molar-refractivity contribution in [3.05, 3.63) is 65.2 Å². The molecule has 0 bridgehead atoms. The van der Waals surface area contributed by atoms with E-state index in [9.17, 15) is 19.8 Å². The van der Waals surface area contributed by atoms with Gasteiger partial charge in [-0.05, 0) is 36.6 Å².